The van der Waals surface area contributed by atoms with Gasteiger partial charge in [-0.25, -0.2) is 8.78 Å². The number of halogens is 2. The monoisotopic (exact) mass is 290 g/mol. The number of benzene rings is 2. The summed E-state index contributed by atoms with van der Waals surface area (Å²) < 4.78 is 26.9. The lowest BCUT2D eigenvalue weighted by molar-refractivity contribution is 0.0956. The van der Waals surface area contributed by atoms with Crippen LogP contribution in [0.3, 0.4) is 0 Å². The zero-order valence-corrected chi connectivity index (χ0v) is 11.6. The van der Waals surface area contributed by atoms with E-state index in [4.69, 9.17) is 0 Å². The average molecular weight is 290 g/mol. The van der Waals surface area contributed by atoms with E-state index in [1.807, 2.05) is 6.92 Å². The predicted octanol–water partition coefficient (Wildman–Crippen LogP) is 3.33. The maximum absolute atomic E-state index is 13.5. The van der Waals surface area contributed by atoms with Crippen LogP contribution in [0.15, 0.2) is 42.5 Å². The fraction of sp³-hybridized carbons (Fsp3) is 0.188. The summed E-state index contributed by atoms with van der Waals surface area (Å²) in [6.07, 6.45) is 0. The van der Waals surface area contributed by atoms with Gasteiger partial charge in [-0.1, -0.05) is 6.07 Å². The van der Waals surface area contributed by atoms with Crippen LogP contribution in [0.1, 0.15) is 22.8 Å². The molecule has 1 amide bonds. The smallest absolute Gasteiger partial charge is 0.251 e. The van der Waals surface area contributed by atoms with Crippen LogP contribution in [0.25, 0.3) is 0 Å². The molecule has 2 rings (SSSR count). The number of carbonyl (C=O) groups excluding carboxylic acids is 1. The highest BCUT2D eigenvalue weighted by molar-refractivity contribution is 5.94. The van der Waals surface area contributed by atoms with E-state index >= 15 is 0 Å². The number of anilines is 1. The van der Waals surface area contributed by atoms with Crippen molar-refractivity contribution in [3.63, 3.8) is 0 Å². The third-order valence-electron chi connectivity index (χ3n) is 3.02. The molecule has 21 heavy (non-hydrogen) atoms. The summed E-state index contributed by atoms with van der Waals surface area (Å²) >= 11 is 0. The molecule has 5 heteroatoms. The molecule has 0 bridgehead atoms. The SMILES string of the molecule is CCNC(=O)c1ccc(NCc2c(F)cccc2F)cc1. The topological polar surface area (TPSA) is 41.1 Å². The lowest BCUT2D eigenvalue weighted by Crippen LogP contribution is -2.22. The Kier molecular flexibility index (Phi) is 4.87. The Labute approximate surface area is 122 Å². The third-order valence-corrected chi connectivity index (χ3v) is 3.02. The lowest BCUT2D eigenvalue weighted by atomic mass is 10.1. The van der Waals surface area contributed by atoms with Gasteiger partial charge in [0.1, 0.15) is 11.6 Å². The van der Waals surface area contributed by atoms with Gasteiger partial charge in [-0.05, 0) is 43.3 Å². The van der Waals surface area contributed by atoms with Gasteiger partial charge in [0.25, 0.3) is 5.91 Å². The molecule has 0 unspecified atom stereocenters. The molecular weight excluding hydrogens is 274 g/mol. The van der Waals surface area contributed by atoms with Crippen LogP contribution in [-0.2, 0) is 6.54 Å². The lowest BCUT2D eigenvalue weighted by Gasteiger charge is -2.09. The van der Waals surface area contributed by atoms with Crippen molar-refractivity contribution in [3.8, 4) is 0 Å². The minimum absolute atomic E-state index is 0.00898. The summed E-state index contributed by atoms with van der Waals surface area (Å²) in [5.74, 6) is -1.31. The van der Waals surface area contributed by atoms with Crippen molar-refractivity contribution in [1.82, 2.24) is 5.32 Å². The highest BCUT2D eigenvalue weighted by Crippen LogP contribution is 2.15. The number of carbonyl (C=O) groups is 1. The fourth-order valence-corrected chi connectivity index (χ4v) is 1.89. The van der Waals surface area contributed by atoms with E-state index in [9.17, 15) is 13.6 Å². The Morgan fingerprint density at radius 1 is 1.05 bits per heavy atom. The third kappa shape index (κ3) is 3.78. The van der Waals surface area contributed by atoms with Crippen molar-refractivity contribution in [1.29, 1.82) is 0 Å². The second kappa shape index (κ2) is 6.83. The average Bonchev–Trinajstić information content (AvgIpc) is 2.47. The van der Waals surface area contributed by atoms with Gasteiger partial charge in [0.15, 0.2) is 0 Å². The quantitative estimate of drug-likeness (QED) is 0.887. The molecule has 0 aliphatic rings. The largest absolute Gasteiger partial charge is 0.381 e. The first-order valence-corrected chi connectivity index (χ1v) is 6.67. The van der Waals surface area contributed by atoms with Gasteiger partial charge in [-0.15, -0.1) is 0 Å². The molecule has 2 aromatic rings. The first-order valence-electron chi connectivity index (χ1n) is 6.67. The molecule has 0 aliphatic heterocycles. The minimum Gasteiger partial charge on any atom is -0.381 e. The van der Waals surface area contributed by atoms with Crippen LogP contribution >= 0.6 is 0 Å². The first-order chi connectivity index (χ1) is 10.1. The van der Waals surface area contributed by atoms with Crippen LogP contribution in [0.5, 0.6) is 0 Å². The summed E-state index contributed by atoms with van der Waals surface area (Å²) in [6.45, 7) is 2.45. The van der Waals surface area contributed by atoms with Crippen molar-refractivity contribution in [2.75, 3.05) is 11.9 Å². The number of amides is 1. The number of hydrogen-bond acceptors (Lipinski definition) is 2. The summed E-state index contributed by atoms with van der Waals surface area (Å²) in [4.78, 5) is 11.6. The van der Waals surface area contributed by atoms with Gasteiger partial charge >= 0.3 is 0 Å². The van der Waals surface area contributed by atoms with E-state index in [1.54, 1.807) is 24.3 Å². The Morgan fingerprint density at radius 3 is 2.24 bits per heavy atom. The highest BCUT2D eigenvalue weighted by Gasteiger charge is 2.08. The summed E-state index contributed by atoms with van der Waals surface area (Å²) in [5, 5.41) is 5.62. The van der Waals surface area contributed by atoms with Crippen molar-refractivity contribution in [3.05, 3.63) is 65.2 Å². The Morgan fingerprint density at radius 2 is 1.67 bits per heavy atom. The molecule has 2 aromatic carbocycles. The van der Waals surface area contributed by atoms with Crippen LogP contribution in [0.2, 0.25) is 0 Å². The zero-order chi connectivity index (χ0) is 15.2. The van der Waals surface area contributed by atoms with Crippen molar-refractivity contribution in [2.24, 2.45) is 0 Å². The van der Waals surface area contributed by atoms with Gasteiger partial charge in [-0.3, -0.25) is 4.79 Å². The predicted molar refractivity (Wildman–Crippen MR) is 78.1 cm³/mol. The van der Waals surface area contributed by atoms with E-state index in [0.29, 0.717) is 17.8 Å². The normalized spacial score (nSPS) is 10.2. The zero-order valence-electron chi connectivity index (χ0n) is 11.6. The molecule has 3 nitrogen and oxygen atoms in total. The number of rotatable bonds is 5. The van der Waals surface area contributed by atoms with E-state index in [2.05, 4.69) is 10.6 Å². The Hall–Kier alpha value is -2.43. The fourth-order valence-electron chi connectivity index (χ4n) is 1.89. The minimum atomic E-state index is -0.582. The second-order valence-electron chi connectivity index (χ2n) is 4.49. The molecule has 0 aliphatic carbocycles. The molecule has 0 saturated carbocycles. The van der Waals surface area contributed by atoms with Gasteiger partial charge < -0.3 is 10.6 Å². The van der Waals surface area contributed by atoms with Gasteiger partial charge in [-0.2, -0.15) is 0 Å². The number of hydrogen-bond donors (Lipinski definition) is 2. The molecule has 0 fully saturated rings. The molecule has 0 aromatic heterocycles. The molecule has 0 radical (unpaired) electrons. The summed E-state index contributed by atoms with van der Waals surface area (Å²) in [5.41, 5.74) is 1.22. The van der Waals surface area contributed by atoms with Crippen molar-refractivity contribution < 1.29 is 13.6 Å². The van der Waals surface area contributed by atoms with E-state index in [0.717, 1.165) is 0 Å². The maximum atomic E-state index is 13.5. The van der Waals surface area contributed by atoms with Gasteiger partial charge in [0.2, 0.25) is 0 Å². The highest BCUT2D eigenvalue weighted by atomic mass is 19.1. The first kappa shape index (κ1) is 15.0. The van der Waals surface area contributed by atoms with Crippen LogP contribution in [-0.4, -0.2) is 12.5 Å². The van der Waals surface area contributed by atoms with Crippen LogP contribution in [0, 0.1) is 11.6 Å². The van der Waals surface area contributed by atoms with Crippen LogP contribution < -0.4 is 10.6 Å². The maximum Gasteiger partial charge on any atom is 0.251 e. The summed E-state index contributed by atoms with van der Waals surface area (Å²) in [7, 11) is 0. The van der Waals surface area contributed by atoms with Crippen molar-refractivity contribution >= 4 is 11.6 Å². The Bertz CT molecular complexity index is 606. The number of nitrogens with one attached hydrogen (secondary N) is 2. The molecule has 0 saturated heterocycles. The van der Waals surface area contributed by atoms with E-state index < -0.39 is 11.6 Å². The van der Waals surface area contributed by atoms with E-state index in [-0.39, 0.29) is 18.0 Å². The van der Waals surface area contributed by atoms with E-state index in [1.165, 1.54) is 18.2 Å². The molecule has 0 atom stereocenters. The summed E-state index contributed by atoms with van der Waals surface area (Å²) in [6, 6.07) is 10.5. The van der Waals surface area contributed by atoms with Crippen molar-refractivity contribution in [2.45, 2.75) is 13.5 Å². The molecule has 0 spiro atoms. The van der Waals surface area contributed by atoms with Gasteiger partial charge in [0, 0.05) is 29.9 Å². The molecule has 110 valence electrons. The van der Waals surface area contributed by atoms with Crippen LogP contribution in [0.4, 0.5) is 14.5 Å². The van der Waals surface area contributed by atoms with Gasteiger partial charge in [0.05, 0.1) is 0 Å². The molecular formula is C16H16F2N2O. The standard InChI is InChI=1S/C16H16F2N2O/c1-2-19-16(21)11-6-8-12(9-7-11)20-10-13-14(17)4-3-5-15(13)18/h3-9,20H,2,10H2,1H3,(H,19,21). The second-order valence-corrected chi connectivity index (χ2v) is 4.49. The Balaban J connectivity index is 2.03. The molecule has 0 heterocycles. The molecule has 2 N–H and O–H groups in total.